The molecule has 0 unspecified atom stereocenters. The number of hydrazine groups is 1. The summed E-state index contributed by atoms with van der Waals surface area (Å²) in [6.45, 7) is 3.23. The molecule has 1 aliphatic carbocycles. The van der Waals surface area contributed by atoms with Gasteiger partial charge in [0.25, 0.3) is 0 Å². The van der Waals surface area contributed by atoms with Crippen molar-refractivity contribution in [1.29, 1.82) is 0 Å². The van der Waals surface area contributed by atoms with Crippen LogP contribution in [0, 0.1) is 5.41 Å². The number of nitrogens with one attached hydrogen (secondary N) is 1. The van der Waals surface area contributed by atoms with Crippen molar-refractivity contribution in [2.75, 3.05) is 19.6 Å². The highest BCUT2D eigenvalue weighted by Gasteiger charge is 2.38. The molecule has 4 nitrogen and oxygen atoms in total. The average molecular weight is 225 g/mol. The van der Waals surface area contributed by atoms with Crippen LogP contribution in [0.15, 0.2) is 0 Å². The smallest absolute Gasteiger partial charge is 0.235 e. The van der Waals surface area contributed by atoms with E-state index in [0.29, 0.717) is 11.8 Å². The Labute approximate surface area is 97.5 Å². The molecule has 2 fully saturated rings. The number of amides is 1. The fourth-order valence-corrected chi connectivity index (χ4v) is 3.26. The lowest BCUT2D eigenvalue weighted by atomic mass is 9.73. The van der Waals surface area contributed by atoms with Crippen molar-refractivity contribution >= 4 is 5.91 Å². The van der Waals surface area contributed by atoms with Crippen LogP contribution in [0.2, 0.25) is 0 Å². The molecule has 3 N–H and O–H groups in total. The van der Waals surface area contributed by atoms with Crippen LogP contribution < -0.4 is 11.3 Å². The van der Waals surface area contributed by atoms with Gasteiger partial charge in [0.1, 0.15) is 0 Å². The average Bonchev–Trinajstić information content (AvgIpc) is 2.70. The number of carbonyl (C=O) groups excluding carboxylic acids is 1. The summed E-state index contributed by atoms with van der Waals surface area (Å²) in [4.78, 5) is 13.5. The zero-order valence-corrected chi connectivity index (χ0v) is 10.0. The van der Waals surface area contributed by atoms with E-state index in [1.807, 2.05) is 0 Å². The molecule has 2 aliphatic rings. The molecule has 1 amide bonds. The van der Waals surface area contributed by atoms with Crippen LogP contribution in [0.5, 0.6) is 0 Å². The van der Waals surface area contributed by atoms with Crippen molar-refractivity contribution in [2.45, 2.75) is 44.9 Å². The minimum atomic E-state index is -0.0513. The third kappa shape index (κ3) is 2.74. The highest BCUT2D eigenvalue weighted by Crippen LogP contribution is 2.43. The van der Waals surface area contributed by atoms with Gasteiger partial charge in [0.05, 0.1) is 0 Å². The summed E-state index contributed by atoms with van der Waals surface area (Å²) in [5.74, 6) is 5.02. The standard InChI is InChI=1S/C12H23N3O/c13-14-11(16)4-8-15-9-7-12(10-15)5-2-1-3-6-12/h1-10,13H2,(H,14,16). The highest BCUT2D eigenvalue weighted by molar-refractivity contribution is 5.75. The van der Waals surface area contributed by atoms with Crippen LogP contribution in [0.25, 0.3) is 0 Å². The highest BCUT2D eigenvalue weighted by atomic mass is 16.2. The third-order valence-corrected chi connectivity index (χ3v) is 4.25. The summed E-state index contributed by atoms with van der Waals surface area (Å²) in [6, 6.07) is 0. The maximum Gasteiger partial charge on any atom is 0.235 e. The lowest BCUT2D eigenvalue weighted by Crippen LogP contribution is -2.35. The van der Waals surface area contributed by atoms with E-state index in [4.69, 9.17) is 5.84 Å². The van der Waals surface area contributed by atoms with Gasteiger partial charge in [0.15, 0.2) is 0 Å². The Morgan fingerprint density at radius 2 is 2.00 bits per heavy atom. The normalized spacial score (nSPS) is 24.8. The molecule has 0 radical (unpaired) electrons. The molecule has 1 spiro atoms. The molecule has 1 saturated heterocycles. The fourth-order valence-electron chi connectivity index (χ4n) is 3.26. The maximum absolute atomic E-state index is 11.1. The SMILES string of the molecule is NNC(=O)CCN1CCC2(CCCCC2)C1. The number of carbonyl (C=O) groups is 1. The first-order valence-corrected chi connectivity index (χ1v) is 6.46. The number of nitrogens with two attached hydrogens (primary N) is 1. The van der Waals surface area contributed by atoms with Gasteiger partial charge >= 0.3 is 0 Å². The quantitative estimate of drug-likeness (QED) is 0.428. The summed E-state index contributed by atoms with van der Waals surface area (Å²) in [5, 5.41) is 0. The minimum Gasteiger partial charge on any atom is -0.302 e. The van der Waals surface area contributed by atoms with E-state index >= 15 is 0 Å². The van der Waals surface area contributed by atoms with Gasteiger partial charge in [0, 0.05) is 19.5 Å². The first-order chi connectivity index (χ1) is 7.74. The maximum atomic E-state index is 11.1. The molecular formula is C12H23N3O. The van der Waals surface area contributed by atoms with E-state index in [0.717, 1.165) is 13.1 Å². The summed E-state index contributed by atoms with van der Waals surface area (Å²) in [7, 11) is 0. The first kappa shape index (κ1) is 11.9. The topological polar surface area (TPSA) is 58.4 Å². The monoisotopic (exact) mass is 225 g/mol. The van der Waals surface area contributed by atoms with Gasteiger partial charge in [-0.3, -0.25) is 10.2 Å². The zero-order valence-electron chi connectivity index (χ0n) is 10.0. The Kier molecular flexibility index (Phi) is 3.82. The second kappa shape index (κ2) is 5.15. The number of likely N-dealkylation sites (tertiary alicyclic amines) is 1. The van der Waals surface area contributed by atoms with Crippen molar-refractivity contribution in [2.24, 2.45) is 11.3 Å². The molecular weight excluding hydrogens is 202 g/mol. The fraction of sp³-hybridized carbons (Fsp3) is 0.917. The van der Waals surface area contributed by atoms with Crippen LogP contribution in [-0.4, -0.2) is 30.4 Å². The lowest BCUT2D eigenvalue weighted by Gasteiger charge is -2.33. The van der Waals surface area contributed by atoms with Crippen molar-refractivity contribution in [1.82, 2.24) is 10.3 Å². The molecule has 2 rings (SSSR count). The number of nitrogens with zero attached hydrogens (tertiary/aromatic N) is 1. The molecule has 1 saturated carbocycles. The Bertz CT molecular complexity index is 249. The summed E-state index contributed by atoms with van der Waals surface area (Å²) in [6.07, 6.45) is 8.87. The van der Waals surface area contributed by atoms with E-state index in [9.17, 15) is 4.79 Å². The van der Waals surface area contributed by atoms with Crippen molar-refractivity contribution in [3.05, 3.63) is 0 Å². The van der Waals surface area contributed by atoms with E-state index < -0.39 is 0 Å². The van der Waals surface area contributed by atoms with Gasteiger partial charge < -0.3 is 4.90 Å². The van der Waals surface area contributed by atoms with E-state index in [2.05, 4.69) is 10.3 Å². The molecule has 0 aromatic heterocycles. The van der Waals surface area contributed by atoms with Crippen molar-refractivity contribution < 1.29 is 4.79 Å². The first-order valence-electron chi connectivity index (χ1n) is 6.46. The predicted octanol–water partition coefficient (Wildman–Crippen LogP) is 1.02. The van der Waals surface area contributed by atoms with E-state index in [1.54, 1.807) is 0 Å². The number of rotatable bonds is 3. The van der Waals surface area contributed by atoms with Crippen LogP contribution in [0.4, 0.5) is 0 Å². The Hall–Kier alpha value is -0.610. The minimum absolute atomic E-state index is 0.0513. The molecule has 0 atom stereocenters. The lowest BCUT2D eigenvalue weighted by molar-refractivity contribution is -0.121. The number of hydrogen-bond donors (Lipinski definition) is 2. The van der Waals surface area contributed by atoms with Crippen LogP contribution >= 0.6 is 0 Å². The van der Waals surface area contributed by atoms with Crippen LogP contribution in [0.1, 0.15) is 44.9 Å². The van der Waals surface area contributed by atoms with Gasteiger partial charge in [-0.15, -0.1) is 0 Å². The second-order valence-corrected chi connectivity index (χ2v) is 5.40. The molecule has 0 bridgehead atoms. The Morgan fingerprint density at radius 3 is 2.69 bits per heavy atom. The van der Waals surface area contributed by atoms with Gasteiger partial charge in [0.2, 0.25) is 5.91 Å². The van der Waals surface area contributed by atoms with E-state index in [1.165, 1.54) is 45.1 Å². The van der Waals surface area contributed by atoms with Crippen LogP contribution in [0.3, 0.4) is 0 Å². The third-order valence-electron chi connectivity index (χ3n) is 4.25. The molecule has 16 heavy (non-hydrogen) atoms. The molecule has 0 aromatic carbocycles. The Balaban J connectivity index is 1.76. The van der Waals surface area contributed by atoms with Gasteiger partial charge in [-0.25, -0.2) is 5.84 Å². The largest absolute Gasteiger partial charge is 0.302 e. The predicted molar refractivity (Wildman–Crippen MR) is 63.5 cm³/mol. The molecule has 1 aliphatic heterocycles. The summed E-state index contributed by atoms with van der Waals surface area (Å²) in [5.41, 5.74) is 2.79. The Morgan fingerprint density at radius 1 is 1.25 bits per heavy atom. The summed E-state index contributed by atoms with van der Waals surface area (Å²) >= 11 is 0. The van der Waals surface area contributed by atoms with Gasteiger partial charge in [-0.1, -0.05) is 19.3 Å². The molecule has 0 aromatic rings. The molecule has 92 valence electrons. The number of hydrogen-bond acceptors (Lipinski definition) is 3. The second-order valence-electron chi connectivity index (χ2n) is 5.40. The van der Waals surface area contributed by atoms with Gasteiger partial charge in [-0.2, -0.15) is 0 Å². The molecule has 4 heteroatoms. The van der Waals surface area contributed by atoms with Crippen molar-refractivity contribution in [3.63, 3.8) is 0 Å². The zero-order chi connectivity index (χ0) is 11.4. The van der Waals surface area contributed by atoms with Crippen molar-refractivity contribution in [3.8, 4) is 0 Å². The van der Waals surface area contributed by atoms with Crippen LogP contribution in [-0.2, 0) is 4.79 Å². The molecule has 1 heterocycles. The van der Waals surface area contributed by atoms with E-state index in [-0.39, 0.29) is 5.91 Å². The van der Waals surface area contributed by atoms with Gasteiger partial charge in [-0.05, 0) is 31.2 Å². The summed E-state index contributed by atoms with van der Waals surface area (Å²) < 4.78 is 0.